The van der Waals surface area contributed by atoms with Gasteiger partial charge in [0, 0.05) is 18.7 Å². The van der Waals surface area contributed by atoms with Gasteiger partial charge in [-0.3, -0.25) is 9.69 Å². The molecule has 0 aromatic heterocycles. The molecule has 4 heteroatoms. The molecule has 4 nitrogen and oxygen atoms in total. The topological polar surface area (TPSA) is 32.8 Å². The molecule has 1 fully saturated rings. The molecule has 2 aromatic rings. The van der Waals surface area contributed by atoms with Crippen molar-refractivity contribution in [1.29, 1.82) is 0 Å². The molecule has 1 saturated heterocycles. The van der Waals surface area contributed by atoms with Crippen LogP contribution < -0.4 is 4.74 Å². The summed E-state index contributed by atoms with van der Waals surface area (Å²) in [7, 11) is 0. The van der Waals surface area contributed by atoms with E-state index in [1.54, 1.807) is 12.2 Å². The molecule has 1 aliphatic heterocycles. The van der Waals surface area contributed by atoms with Crippen LogP contribution in [0, 0.1) is 0 Å². The lowest BCUT2D eigenvalue weighted by atomic mass is 10.1. The molecule has 0 bridgehead atoms. The molecule has 1 heterocycles. The first-order valence-electron chi connectivity index (χ1n) is 8.75. The van der Waals surface area contributed by atoms with Crippen molar-refractivity contribution in [3.63, 3.8) is 0 Å². The Balaban J connectivity index is 1.96. The van der Waals surface area contributed by atoms with Crippen molar-refractivity contribution in [1.82, 2.24) is 9.80 Å². The Morgan fingerprint density at radius 1 is 1.04 bits per heavy atom. The zero-order valence-electron chi connectivity index (χ0n) is 14.9. The summed E-state index contributed by atoms with van der Waals surface area (Å²) in [6, 6.07) is 18.1. The second-order valence-corrected chi connectivity index (χ2v) is 6.24. The molecule has 0 saturated carbocycles. The van der Waals surface area contributed by atoms with Gasteiger partial charge in [0.15, 0.2) is 0 Å². The minimum Gasteiger partial charge on any atom is -0.489 e. The van der Waals surface area contributed by atoms with Crippen LogP contribution in [0.3, 0.4) is 0 Å². The van der Waals surface area contributed by atoms with Crippen molar-refractivity contribution >= 4 is 5.91 Å². The highest BCUT2D eigenvalue weighted by molar-refractivity contribution is 5.81. The number of hydrogen-bond acceptors (Lipinski definition) is 3. The lowest BCUT2D eigenvalue weighted by Gasteiger charge is -2.31. The van der Waals surface area contributed by atoms with Crippen molar-refractivity contribution in [2.24, 2.45) is 0 Å². The highest BCUT2D eigenvalue weighted by atomic mass is 16.5. The van der Waals surface area contributed by atoms with Crippen molar-refractivity contribution in [2.45, 2.75) is 12.7 Å². The number of para-hydroxylation sites is 1. The van der Waals surface area contributed by atoms with Crippen molar-refractivity contribution in [2.75, 3.05) is 19.7 Å². The summed E-state index contributed by atoms with van der Waals surface area (Å²) >= 11 is 0. The molecule has 26 heavy (non-hydrogen) atoms. The van der Waals surface area contributed by atoms with Gasteiger partial charge >= 0.3 is 0 Å². The Labute approximate surface area is 155 Å². The minimum absolute atomic E-state index is 0.101. The highest BCUT2D eigenvalue weighted by Crippen LogP contribution is 2.37. The average molecular weight is 348 g/mol. The fourth-order valence-corrected chi connectivity index (χ4v) is 3.32. The maximum absolute atomic E-state index is 12.7. The molecule has 1 atom stereocenters. The summed E-state index contributed by atoms with van der Waals surface area (Å²) in [6.45, 7) is 9.53. The van der Waals surface area contributed by atoms with Crippen LogP contribution in [0.4, 0.5) is 0 Å². The van der Waals surface area contributed by atoms with Crippen LogP contribution in [0.15, 0.2) is 79.9 Å². The molecule has 0 aliphatic carbocycles. The molecule has 0 N–H and O–H groups in total. The van der Waals surface area contributed by atoms with E-state index in [-0.39, 0.29) is 12.1 Å². The molecule has 0 radical (unpaired) electrons. The smallest absolute Gasteiger partial charge is 0.238 e. The first kappa shape index (κ1) is 18.0. The fraction of sp³-hybridized carbons (Fsp3) is 0.227. The van der Waals surface area contributed by atoms with Gasteiger partial charge in [-0.2, -0.15) is 0 Å². The van der Waals surface area contributed by atoms with Gasteiger partial charge in [0.25, 0.3) is 0 Å². The van der Waals surface area contributed by atoms with E-state index in [1.165, 1.54) is 5.56 Å². The largest absolute Gasteiger partial charge is 0.489 e. The molecule has 1 amide bonds. The van der Waals surface area contributed by atoms with Crippen LogP contribution in [0.5, 0.6) is 5.75 Å². The second-order valence-electron chi connectivity index (χ2n) is 6.24. The first-order valence-corrected chi connectivity index (χ1v) is 8.75. The van der Waals surface area contributed by atoms with E-state index in [2.05, 4.69) is 30.2 Å². The Bertz CT molecular complexity index is 773. The number of nitrogens with zero attached hydrogens (tertiary/aromatic N) is 2. The van der Waals surface area contributed by atoms with Gasteiger partial charge in [0.05, 0.1) is 6.54 Å². The summed E-state index contributed by atoms with van der Waals surface area (Å²) in [5, 5.41) is 0. The zero-order valence-corrected chi connectivity index (χ0v) is 14.9. The van der Waals surface area contributed by atoms with Gasteiger partial charge in [-0.1, -0.05) is 67.3 Å². The normalized spacial score (nSPS) is 17.3. The van der Waals surface area contributed by atoms with Crippen LogP contribution in [-0.2, 0) is 11.3 Å². The zero-order chi connectivity index (χ0) is 18.4. The SMILES string of the molecule is C=CCOc1ccccc1C1N(Cc2ccccc2)CC(=O)N1CC=C. The van der Waals surface area contributed by atoms with Gasteiger partial charge in [-0.05, 0) is 11.6 Å². The number of carbonyl (C=O) groups is 1. The predicted octanol–water partition coefficient (Wildman–Crippen LogP) is 3.78. The van der Waals surface area contributed by atoms with Crippen LogP contribution in [0.2, 0.25) is 0 Å². The highest BCUT2D eigenvalue weighted by Gasteiger charge is 2.39. The van der Waals surface area contributed by atoms with Crippen LogP contribution >= 0.6 is 0 Å². The molecular weight excluding hydrogens is 324 g/mol. The molecule has 1 unspecified atom stereocenters. The predicted molar refractivity (Wildman–Crippen MR) is 104 cm³/mol. The second kappa shape index (κ2) is 8.50. The Hall–Kier alpha value is -2.85. The first-order chi connectivity index (χ1) is 12.7. The molecule has 2 aromatic carbocycles. The minimum atomic E-state index is -0.179. The molecular formula is C22H24N2O2. The summed E-state index contributed by atoms with van der Waals surface area (Å²) < 4.78 is 5.85. The summed E-state index contributed by atoms with van der Waals surface area (Å²) in [5.41, 5.74) is 2.16. The third-order valence-electron chi connectivity index (χ3n) is 4.41. The number of ether oxygens (including phenoxy) is 1. The molecule has 0 spiro atoms. The third-order valence-corrected chi connectivity index (χ3v) is 4.41. The summed E-state index contributed by atoms with van der Waals surface area (Å²) in [6.07, 6.45) is 3.31. The molecule has 1 aliphatic rings. The standard InChI is InChI=1S/C22H24N2O2/c1-3-14-24-21(25)17-23(16-18-10-6-5-7-11-18)22(24)19-12-8-9-13-20(19)26-15-4-2/h3-13,22H,1-2,14-17H2. The number of amides is 1. The van der Waals surface area contributed by atoms with Gasteiger partial charge < -0.3 is 9.64 Å². The summed E-state index contributed by atoms with van der Waals surface area (Å²) in [5.74, 6) is 0.878. The quantitative estimate of drug-likeness (QED) is 0.681. The van der Waals surface area contributed by atoms with E-state index in [9.17, 15) is 4.79 Å². The lowest BCUT2D eigenvalue weighted by Crippen LogP contribution is -2.32. The fourth-order valence-electron chi connectivity index (χ4n) is 3.32. The maximum atomic E-state index is 12.7. The van der Waals surface area contributed by atoms with Gasteiger partial charge in [-0.15, -0.1) is 6.58 Å². The lowest BCUT2D eigenvalue weighted by molar-refractivity contribution is -0.127. The number of hydrogen-bond donors (Lipinski definition) is 0. The average Bonchev–Trinajstić information content (AvgIpc) is 2.96. The van der Waals surface area contributed by atoms with Gasteiger partial charge in [-0.25, -0.2) is 0 Å². The Morgan fingerprint density at radius 2 is 1.77 bits per heavy atom. The van der Waals surface area contributed by atoms with Crippen LogP contribution in [0.1, 0.15) is 17.3 Å². The van der Waals surface area contributed by atoms with Crippen molar-refractivity contribution in [3.8, 4) is 5.75 Å². The van der Waals surface area contributed by atoms with Gasteiger partial charge in [0.2, 0.25) is 5.91 Å². The van der Waals surface area contributed by atoms with E-state index >= 15 is 0 Å². The van der Waals surface area contributed by atoms with E-state index in [0.29, 0.717) is 26.2 Å². The van der Waals surface area contributed by atoms with E-state index in [1.807, 2.05) is 47.4 Å². The van der Waals surface area contributed by atoms with Gasteiger partial charge in [0.1, 0.15) is 18.5 Å². The van der Waals surface area contributed by atoms with Crippen LogP contribution in [-0.4, -0.2) is 35.4 Å². The summed E-state index contributed by atoms with van der Waals surface area (Å²) in [4.78, 5) is 16.7. The molecule has 134 valence electrons. The third kappa shape index (κ3) is 3.86. The van der Waals surface area contributed by atoms with E-state index in [4.69, 9.17) is 4.74 Å². The monoisotopic (exact) mass is 348 g/mol. The Kier molecular flexibility index (Phi) is 5.87. The van der Waals surface area contributed by atoms with Crippen molar-refractivity contribution < 1.29 is 9.53 Å². The van der Waals surface area contributed by atoms with Crippen LogP contribution in [0.25, 0.3) is 0 Å². The number of benzene rings is 2. The molecule has 3 rings (SSSR count). The van der Waals surface area contributed by atoms with Crippen molar-refractivity contribution in [3.05, 3.63) is 91.0 Å². The number of rotatable bonds is 8. The van der Waals surface area contributed by atoms with E-state index in [0.717, 1.165) is 11.3 Å². The Morgan fingerprint density at radius 3 is 2.50 bits per heavy atom. The number of carbonyl (C=O) groups excluding carboxylic acids is 1. The maximum Gasteiger partial charge on any atom is 0.238 e. The van der Waals surface area contributed by atoms with E-state index < -0.39 is 0 Å².